The Balaban J connectivity index is 1.64. The van der Waals surface area contributed by atoms with Gasteiger partial charge in [0, 0.05) is 24.0 Å². The molecule has 1 N–H and O–H groups in total. The Morgan fingerprint density at radius 1 is 1.47 bits per heavy atom. The molecule has 4 nitrogen and oxygen atoms in total. The summed E-state index contributed by atoms with van der Waals surface area (Å²) in [6.07, 6.45) is 3.03. The Morgan fingerprint density at radius 2 is 2.26 bits per heavy atom. The number of halogens is 1. The Labute approximate surface area is 116 Å². The molecule has 1 saturated carbocycles. The molecule has 3 rings (SSSR count). The third-order valence-corrected chi connectivity index (χ3v) is 3.84. The predicted octanol–water partition coefficient (Wildman–Crippen LogP) is 2.19. The molecule has 1 heterocycles. The summed E-state index contributed by atoms with van der Waals surface area (Å²) in [6.45, 7) is 0.769. The van der Waals surface area contributed by atoms with E-state index >= 15 is 0 Å². The Morgan fingerprint density at radius 3 is 2.95 bits per heavy atom. The van der Waals surface area contributed by atoms with E-state index in [0.29, 0.717) is 17.6 Å². The normalized spacial score (nSPS) is 21.3. The lowest BCUT2D eigenvalue weighted by atomic mass is 10.1. The Hall–Kier alpha value is -1.26. The van der Waals surface area contributed by atoms with Crippen LogP contribution in [0.2, 0.25) is 5.02 Å². The highest BCUT2D eigenvalue weighted by atomic mass is 35.5. The molecule has 0 bridgehead atoms. The first-order valence-electron chi connectivity index (χ1n) is 6.53. The predicted molar refractivity (Wildman–Crippen MR) is 71.8 cm³/mol. The number of carbonyl (C=O) groups is 1. The summed E-state index contributed by atoms with van der Waals surface area (Å²) in [5, 5.41) is 9.66. The van der Waals surface area contributed by atoms with Crippen molar-refractivity contribution in [2.75, 3.05) is 13.1 Å². The number of rotatable bonds is 5. The lowest BCUT2D eigenvalue weighted by Crippen LogP contribution is -2.39. The summed E-state index contributed by atoms with van der Waals surface area (Å²) in [7, 11) is 0. The van der Waals surface area contributed by atoms with E-state index in [1.54, 1.807) is 0 Å². The molecular weight excluding hydrogens is 266 g/mol. The zero-order valence-electron chi connectivity index (χ0n) is 10.5. The molecule has 1 unspecified atom stereocenters. The van der Waals surface area contributed by atoms with Gasteiger partial charge in [0.1, 0.15) is 11.9 Å². The quantitative estimate of drug-likeness (QED) is 0.899. The van der Waals surface area contributed by atoms with Crippen molar-refractivity contribution in [1.29, 1.82) is 0 Å². The van der Waals surface area contributed by atoms with Crippen LogP contribution in [-0.2, 0) is 11.2 Å². The maximum Gasteiger partial charge on any atom is 0.317 e. The highest BCUT2D eigenvalue weighted by Crippen LogP contribution is 2.33. The first kappa shape index (κ1) is 12.8. The van der Waals surface area contributed by atoms with Crippen molar-refractivity contribution < 1.29 is 14.6 Å². The van der Waals surface area contributed by atoms with E-state index in [2.05, 4.69) is 0 Å². The van der Waals surface area contributed by atoms with Crippen molar-refractivity contribution in [3.8, 4) is 5.75 Å². The van der Waals surface area contributed by atoms with Crippen LogP contribution in [0.5, 0.6) is 5.75 Å². The van der Waals surface area contributed by atoms with Crippen LogP contribution in [0.15, 0.2) is 18.2 Å². The highest BCUT2D eigenvalue weighted by Gasteiger charge is 2.34. The molecule has 0 amide bonds. The molecule has 0 spiro atoms. The fraction of sp³-hybridized carbons (Fsp3) is 0.500. The van der Waals surface area contributed by atoms with Crippen LogP contribution in [0.3, 0.4) is 0 Å². The van der Waals surface area contributed by atoms with Crippen LogP contribution >= 0.6 is 11.6 Å². The minimum atomic E-state index is -0.773. The average Bonchev–Trinajstić information content (AvgIpc) is 3.10. The number of hydrogen-bond acceptors (Lipinski definition) is 3. The van der Waals surface area contributed by atoms with Crippen LogP contribution < -0.4 is 4.74 Å². The maximum atomic E-state index is 10.9. The van der Waals surface area contributed by atoms with Gasteiger partial charge in [0.15, 0.2) is 0 Å². The molecule has 5 heteroatoms. The molecule has 1 atom stereocenters. The van der Waals surface area contributed by atoms with Gasteiger partial charge in [-0.2, -0.15) is 0 Å². The fourth-order valence-corrected chi connectivity index (χ4v) is 2.80. The SMILES string of the molecule is O=C(O)CN(CC1Cc2cc(Cl)ccc2O1)C1CC1. The maximum absolute atomic E-state index is 10.9. The number of fused-ring (bicyclic) bond motifs is 1. The summed E-state index contributed by atoms with van der Waals surface area (Å²) >= 11 is 5.96. The number of carboxylic acids is 1. The summed E-state index contributed by atoms with van der Waals surface area (Å²) in [4.78, 5) is 12.9. The minimum absolute atomic E-state index is 0.0356. The van der Waals surface area contributed by atoms with Crippen molar-refractivity contribution in [2.45, 2.75) is 31.4 Å². The number of benzene rings is 1. The molecule has 2 aliphatic rings. The third kappa shape index (κ3) is 3.01. The number of carboxylic acid groups (broad SMARTS) is 1. The van der Waals surface area contributed by atoms with Crippen LogP contribution in [-0.4, -0.2) is 41.2 Å². The molecule has 0 aromatic heterocycles. The molecule has 1 aromatic rings. The largest absolute Gasteiger partial charge is 0.488 e. The number of ether oxygens (including phenoxy) is 1. The molecular formula is C14H16ClNO3. The van der Waals surface area contributed by atoms with Gasteiger partial charge in [0.05, 0.1) is 6.54 Å². The molecule has 19 heavy (non-hydrogen) atoms. The summed E-state index contributed by atoms with van der Waals surface area (Å²) < 4.78 is 5.86. The van der Waals surface area contributed by atoms with Crippen molar-refractivity contribution in [3.63, 3.8) is 0 Å². The molecule has 102 valence electrons. The number of nitrogens with zero attached hydrogens (tertiary/aromatic N) is 1. The zero-order valence-corrected chi connectivity index (χ0v) is 11.3. The second-order valence-corrected chi connectivity index (χ2v) is 5.69. The first-order chi connectivity index (χ1) is 9.11. The molecule has 1 aromatic carbocycles. The average molecular weight is 282 g/mol. The van der Waals surface area contributed by atoms with E-state index in [9.17, 15) is 4.79 Å². The summed E-state index contributed by atoms with van der Waals surface area (Å²) in [6, 6.07) is 6.05. The Kier molecular flexibility index (Phi) is 3.37. The molecule has 1 fully saturated rings. The van der Waals surface area contributed by atoms with Crippen LogP contribution in [0.25, 0.3) is 0 Å². The van der Waals surface area contributed by atoms with Crippen LogP contribution in [0, 0.1) is 0 Å². The van der Waals surface area contributed by atoms with Gasteiger partial charge in [-0.15, -0.1) is 0 Å². The van der Waals surface area contributed by atoms with Gasteiger partial charge >= 0.3 is 5.97 Å². The van der Waals surface area contributed by atoms with Crippen molar-refractivity contribution >= 4 is 17.6 Å². The summed E-state index contributed by atoms with van der Waals surface area (Å²) in [5.74, 6) is 0.103. The highest BCUT2D eigenvalue weighted by molar-refractivity contribution is 6.30. The minimum Gasteiger partial charge on any atom is -0.488 e. The molecule has 1 aliphatic carbocycles. The second kappa shape index (κ2) is 5.02. The third-order valence-electron chi connectivity index (χ3n) is 3.60. The zero-order chi connectivity index (χ0) is 13.4. The van der Waals surface area contributed by atoms with Gasteiger partial charge in [-0.1, -0.05) is 11.6 Å². The van der Waals surface area contributed by atoms with E-state index < -0.39 is 5.97 Å². The van der Waals surface area contributed by atoms with Crippen LogP contribution in [0.1, 0.15) is 18.4 Å². The lowest BCUT2D eigenvalue weighted by molar-refractivity contribution is -0.138. The topological polar surface area (TPSA) is 49.8 Å². The van der Waals surface area contributed by atoms with Crippen molar-refractivity contribution in [2.24, 2.45) is 0 Å². The molecule has 0 radical (unpaired) electrons. The van der Waals surface area contributed by atoms with Gasteiger partial charge in [-0.25, -0.2) is 0 Å². The van der Waals surface area contributed by atoms with Crippen molar-refractivity contribution in [1.82, 2.24) is 4.90 Å². The van der Waals surface area contributed by atoms with E-state index in [4.69, 9.17) is 21.4 Å². The molecule has 1 aliphatic heterocycles. The first-order valence-corrected chi connectivity index (χ1v) is 6.90. The fourth-order valence-electron chi connectivity index (χ4n) is 2.61. The van der Waals surface area contributed by atoms with E-state index in [0.717, 1.165) is 30.6 Å². The van der Waals surface area contributed by atoms with E-state index in [1.807, 2.05) is 23.1 Å². The standard InChI is InChI=1S/C14H16ClNO3/c15-10-1-4-13-9(5-10)6-12(19-13)7-16(8-14(17)18)11-2-3-11/h1,4-5,11-12H,2-3,6-8H2,(H,17,18). The van der Waals surface area contributed by atoms with Crippen LogP contribution in [0.4, 0.5) is 0 Å². The van der Waals surface area contributed by atoms with Gasteiger partial charge < -0.3 is 9.84 Å². The number of hydrogen-bond donors (Lipinski definition) is 1. The second-order valence-electron chi connectivity index (χ2n) is 5.25. The smallest absolute Gasteiger partial charge is 0.317 e. The monoisotopic (exact) mass is 281 g/mol. The van der Waals surface area contributed by atoms with E-state index in [-0.39, 0.29) is 12.6 Å². The van der Waals surface area contributed by atoms with Gasteiger partial charge in [-0.3, -0.25) is 9.69 Å². The van der Waals surface area contributed by atoms with Gasteiger partial charge in [0.25, 0.3) is 0 Å². The van der Waals surface area contributed by atoms with Gasteiger partial charge in [-0.05, 0) is 36.6 Å². The van der Waals surface area contributed by atoms with Crippen molar-refractivity contribution in [3.05, 3.63) is 28.8 Å². The van der Waals surface area contributed by atoms with E-state index in [1.165, 1.54) is 0 Å². The lowest BCUT2D eigenvalue weighted by Gasteiger charge is -2.23. The Bertz CT molecular complexity index is 501. The van der Waals surface area contributed by atoms with Gasteiger partial charge in [0.2, 0.25) is 0 Å². The summed E-state index contributed by atoms with van der Waals surface area (Å²) in [5.41, 5.74) is 1.11. The number of aliphatic carboxylic acids is 1. The molecule has 0 saturated heterocycles.